The molecule has 1 aromatic carbocycles. The minimum absolute atomic E-state index is 0. The Morgan fingerprint density at radius 3 is 2.58 bits per heavy atom. The number of nitro groups is 1. The number of rotatable bonds is 3. The highest BCUT2D eigenvalue weighted by atomic mass is 35.5. The lowest BCUT2D eigenvalue weighted by molar-refractivity contribution is -0.385. The molecule has 0 bridgehead atoms. The molecule has 1 aromatic rings. The molecule has 1 N–H and O–H groups in total. The fraction of sp³-hybridized carbons (Fsp3) is 0.588. The van der Waals surface area contributed by atoms with Gasteiger partial charge in [0.1, 0.15) is 0 Å². The fourth-order valence-corrected chi connectivity index (χ4v) is 3.75. The fourth-order valence-electron chi connectivity index (χ4n) is 3.75. The smallest absolute Gasteiger partial charge is 0.273 e. The van der Waals surface area contributed by atoms with Gasteiger partial charge < -0.3 is 10.2 Å². The van der Waals surface area contributed by atoms with Crippen LogP contribution in [0.2, 0.25) is 0 Å². The first-order chi connectivity index (χ1) is 11.0. The van der Waals surface area contributed by atoms with Crippen molar-refractivity contribution in [2.75, 3.05) is 26.2 Å². The Kier molecular flexibility index (Phi) is 5.83. The second-order valence-corrected chi connectivity index (χ2v) is 6.67. The topological polar surface area (TPSA) is 75.5 Å². The number of nitrogens with one attached hydrogen (secondary N) is 1. The Morgan fingerprint density at radius 1 is 1.33 bits per heavy atom. The summed E-state index contributed by atoms with van der Waals surface area (Å²) in [6.45, 7) is 5.47. The molecule has 24 heavy (non-hydrogen) atoms. The van der Waals surface area contributed by atoms with Gasteiger partial charge in [0.15, 0.2) is 0 Å². The van der Waals surface area contributed by atoms with Crippen LogP contribution in [-0.4, -0.2) is 41.9 Å². The molecular formula is C17H24ClN3O3. The second kappa shape index (κ2) is 7.49. The van der Waals surface area contributed by atoms with Crippen molar-refractivity contribution >= 4 is 24.0 Å². The Morgan fingerprint density at radius 2 is 2.04 bits per heavy atom. The molecule has 6 nitrogen and oxygen atoms in total. The maximum Gasteiger partial charge on any atom is 0.273 e. The molecule has 0 aromatic heterocycles. The lowest BCUT2D eigenvalue weighted by Crippen LogP contribution is -2.44. The van der Waals surface area contributed by atoms with Gasteiger partial charge in [-0.2, -0.15) is 0 Å². The molecule has 2 heterocycles. The average molecular weight is 354 g/mol. The lowest BCUT2D eigenvalue weighted by Gasteiger charge is -2.38. The highest BCUT2D eigenvalue weighted by Gasteiger charge is 2.38. The largest absolute Gasteiger partial charge is 0.339 e. The molecule has 7 heteroatoms. The van der Waals surface area contributed by atoms with E-state index in [1.165, 1.54) is 12.5 Å². The number of piperidine rings is 1. The van der Waals surface area contributed by atoms with E-state index in [4.69, 9.17) is 0 Å². The lowest BCUT2D eigenvalue weighted by atomic mass is 9.78. The second-order valence-electron chi connectivity index (χ2n) is 6.67. The third-order valence-corrected chi connectivity index (χ3v) is 5.35. The van der Waals surface area contributed by atoms with Gasteiger partial charge in [0, 0.05) is 36.8 Å². The maximum atomic E-state index is 12.7. The Hall–Kier alpha value is -1.66. The Labute approximate surface area is 148 Å². The number of likely N-dealkylation sites (tertiary alicyclic amines) is 1. The molecule has 0 aliphatic carbocycles. The normalized spacial score (nSPS) is 19.1. The summed E-state index contributed by atoms with van der Waals surface area (Å²) >= 11 is 0. The summed E-state index contributed by atoms with van der Waals surface area (Å²) in [7, 11) is 0. The van der Waals surface area contributed by atoms with Crippen LogP contribution in [0, 0.1) is 15.5 Å². The molecule has 0 atom stereocenters. The van der Waals surface area contributed by atoms with Gasteiger partial charge in [0.05, 0.1) is 4.92 Å². The molecule has 0 unspecified atom stereocenters. The van der Waals surface area contributed by atoms with Crippen LogP contribution in [0.3, 0.4) is 0 Å². The Balaban J connectivity index is 0.00000208. The third kappa shape index (κ3) is 3.54. The SMILES string of the molecule is CCc1ccc(C(=O)N2CCC3(CCNC3)CC2)cc1[N+](=O)[O-].Cl. The van der Waals surface area contributed by atoms with Crippen molar-refractivity contribution < 1.29 is 9.72 Å². The van der Waals surface area contributed by atoms with Crippen LogP contribution in [0.5, 0.6) is 0 Å². The van der Waals surface area contributed by atoms with E-state index >= 15 is 0 Å². The number of benzene rings is 1. The van der Waals surface area contributed by atoms with E-state index in [2.05, 4.69) is 5.32 Å². The summed E-state index contributed by atoms with van der Waals surface area (Å²) in [5.74, 6) is -0.0865. The molecule has 0 radical (unpaired) electrons. The minimum Gasteiger partial charge on any atom is -0.339 e. The van der Waals surface area contributed by atoms with Gasteiger partial charge in [-0.05, 0) is 43.7 Å². The molecule has 2 aliphatic heterocycles. The summed E-state index contributed by atoms with van der Waals surface area (Å²) in [4.78, 5) is 25.3. The van der Waals surface area contributed by atoms with Crippen LogP contribution in [-0.2, 0) is 6.42 Å². The zero-order chi connectivity index (χ0) is 16.4. The highest BCUT2D eigenvalue weighted by molar-refractivity contribution is 5.95. The van der Waals surface area contributed by atoms with Crippen molar-refractivity contribution in [2.45, 2.75) is 32.6 Å². The van der Waals surface area contributed by atoms with Crippen molar-refractivity contribution in [3.05, 3.63) is 39.4 Å². The molecule has 2 saturated heterocycles. The highest BCUT2D eigenvalue weighted by Crippen LogP contribution is 2.37. The van der Waals surface area contributed by atoms with Gasteiger partial charge in [0.2, 0.25) is 0 Å². The zero-order valence-corrected chi connectivity index (χ0v) is 14.7. The maximum absolute atomic E-state index is 12.7. The first kappa shape index (κ1) is 18.7. The third-order valence-electron chi connectivity index (χ3n) is 5.35. The van der Waals surface area contributed by atoms with E-state index < -0.39 is 4.92 Å². The van der Waals surface area contributed by atoms with E-state index in [0.717, 1.165) is 39.0 Å². The van der Waals surface area contributed by atoms with Crippen molar-refractivity contribution in [2.24, 2.45) is 5.41 Å². The van der Waals surface area contributed by atoms with E-state index in [0.29, 0.717) is 23.0 Å². The first-order valence-corrected chi connectivity index (χ1v) is 8.32. The molecule has 3 rings (SSSR count). The van der Waals surface area contributed by atoms with E-state index in [1.54, 1.807) is 12.1 Å². The molecule has 2 fully saturated rings. The van der Waals surface area contributed by atoms with Crippen molar-refractivity contribution in [3.63, 3.8) is 0 Å². The molecular weight excluding hydrogens is 330 g/mol. The Bertz CT molecular complexity index is 620. The van der Waals surface area contributed by atoms with Gasteiger partial charge in [-0.3, -0.25) is 14.9 Å². The van der Waals surface area contributed by atoms with E-state index in [9.17, 15) is 14.9 Å². The summed E-state index contributed by atoms with van der Waals surface area (Å²) in [5.41, 5.74) is 1.50. The van der Waals surface area contributed by atoms with Gasteiger partial charge in [-0.25, -0.2) is 0 Å². The number of halogens is 1. The number of hydrogen-bond donors (Lipinski definition) is 1. The number of carbonyl (C=O) groups excluding carboxylic acids is 1. The predicted molar refractivity (Wildman–Crippen MR) is 94.8 cm³/mol. The number of amides is 1. The molecule has 1 amide bonds. The van der Waals surface area contributed by atoms with Crippen LogP contribution in [0.4, 0.5) is 5.69 Å². The average Bonchev–Trinajstić information content (AvgIpc) is 3.02. The van der Waals surface area contributed by atoms with Crippen LogP contribution in [0.15, 0.2) is 18.2 Å². The number of aryl methyl sites for hydroxylation is 1. The summed E-state index contributed by atoms with van der Waals surface area (Å²) < 4.78 is 0. The van der Waals surface area contributed by atoms with Gasteiger partial charge >= 0.3 is 0 Å². The number of nitrogens with zero attached hydrogens (tertiary/aromatic N) is 2. The van der Waals surface area contributed by atoms with E-state index in [-0.39, 0.29) is 24.0 Å². The zero-order valence-electron chi connectivity index (χ0n) is 13.9. The molecule has 0 saturated carbocycles. The van der Waals surface area contributed by atoms with Crippen LogP contribution >= 0.6 is 12.4 Å². The summed E-state index contributed by atoms with van der Waals surface area (Å²) in [6, 6.07) is 4.86. The molecule has 1 spiro atoms. The first-order valence-electron chi connectivity index (χ1n) is 8.32. The van der Waals surface area contributed by atoms with Crippen LogP contribution in [0.1, 0.15) is 42.1 Å². The molecule has 2 aliphatic rings. The van der Waals surface area contributed by atoms with Gasteiger partial charge in [0.25, 0.3) is 11.6 Å². The van der Waals surface area contributed by atoms with Crippen LogP contribution < -0.4 is 5.32 Å². The monoisotopic (exact) mass is 353 g/mol. The van der Waals surface area contributed by atoms with Crippen molar-refractivity contribution in [1.82, 2.24) is 10.2 Å². The number of carbonyl (C=O) groups is 1. The van der Waals surface area contributed by atoms with Crippen molar-refractivity contribution in [1.29, 1.82) is 0 Å². The molecule has 132 valence electrons. The number of hydrogen-bond acceptors (Lipinski definition) is 4. The summed E-state index contributed by atoms with van der Waals surface area (Å²) in [5, 5.41) is 14.6. The van der Waals surface area contributed by atoms with Crippen LogP contribution in [0.25, 0.3) is 0 Å². The minimum atomic E-state index is -0.398. The van der Waals surface area contributed by atoms with Crippen molar-refractivity contribution in [3.8, 4) is 0 Å². The van der Waals surface area contributed by atoms with Gasteiger partial charge in [-0.1, -0.05) is 13.0 Å². The predicted octanol–water partition coefficient (Wildman–Crippen LogP) is 2.79. The van der Waals surface area contributed by atoms with E-state index in [1.807, 2.05) is 11.8 Å². The quantitative estimate of drug-likeness (QED) is 0.669. The number of nitro benzene ring substituents is 1. The standard InChI is InChI=1S/C17H23N3O3.ClH/c1-2-13-3-4-14(11-15(13)20(22)23)16(21)19-9-6-17(7-10-19)5-8-18-12-17;/h3-4,11,18H,2,5-10,12H2,1H3;1H. The summed E-state index contributed by atoms with van der Waals surface area (Å²) in [6.07, 6.45) is 3.80. The van der Waals surface area contributed by atoms with Gasteiger partial charge in [-0.15, -0.1) is 12.4 Å².